The van der Waals surface area contributed by atoms with Crippen molar-refractivity contribution in [2.75, 3.05) is 19.6 Å². The fraction of sp³-hybridized carbons (Fsp3) is 0.800. The molecule has 1 aromatic rings. The van der Waals surface area contributed by atoms with Gasteiger partial charge < -0.3 is 15.5 Å². The van der Waals surface area contributed by atoms with Gasteiger partial charge >= 0.3 is 0 Å². The van der Waals surface area contributed by atoms with Gasteiger partial charge in [0.15, 0.2) is 5.96 Å². The molecule has 2 N–H and O–H groups in total. The number of aliphatic imine (C=N–C) groups is 1. The van der Waals surface area contributed by atoms with E-state index in [0.717, 1.165) is 24.2 Å². The van der Waals surface area contributed by atoms with Crippen molar-refractivity contribution in [3.8, 4) is 0 Å². The second-order valence-corrected chi connectivity index (χ2v) is 7.86. The van der Waals surface area contributed by atoms with Crippen LogP contribution in [0.3, 0.4) is 0 Å². The van der Waals surface area contributed by atoms with E-state index in [-0.39, 0.29) is 0 Å². The average Bonchev–Trinajstić information content (AvgIpc) is 3.24. The molecule has 2 aliphatic rings. The minimum Gasteiger partial charge on any atom is -0.357 e. The first kappa shape index (κ1) is 19.2. The second kappa shape index (κ2) is 8.89. The van der Waals surface area contributed by atoms with E-state index in [4.69, 9.17) is 4.99 Å². The molecule has 0 spiro atoms. The number of nitrogens with one attached hydrogen (secondary N) is 2. The van der Waals surface area contributed by atoms with E-state index >= 15 is 0 Å². The highest BCUT2D eigenvalue weighted by Crippen LogP contribution is 2.26. The number of nitrogens with zero attached hydrogens (tertiary/aromatic N) is 4. The number of guanidine groups is 1. The molecule has 0 aromatic carbocycles. The Morgan fingerprint density at radius 2 is 1.85 bits per heavy atom. The van der Waals surface area contributed by atoms with Crippen molar-refractivity contribution in [3.05, 3.63) is 17.0 Å². The normalized spacial score (nSPS) is 20.7. The molecule has 2 heterocycles. The third kappa shape index (κ3) is 4.58. The summed E-state index contributed by atoms with van der Waals surface area (Å²) in [6, 6.07) is 1.39. The van der Waals surface area contributed by atoms with Crippen molar-refractivity contribution in [1.29, 1.82) is 0 Å². The van der Waals surface area contributed by atoms with Crippen LogP contribution >= 0.6 is 0 Å². The molecule has 0 unspecified atom stereocenters. The molecule has 3 rings (SSSR count). The molecule has 0 amide bonds. The summed E-state index contributed by atoms with van der Waals surface area (Å²) in [5.74, 6) is 0.939. The van der Waals surface area contributed by atoms with E-state index in [1.165, 1.54) is 62.9 Å². The lowest BCUT2D eigenvalue weighted by molar-refractivity contribution is 0.150. The molecule has 0 radical (unpaired) electrons. The monoisotopic (exact) mass is 360 g/mol. The van der Waals surface area contributed by atoms with Gasteiger partial charge in [-0.15, -0.1) is 0 Å². The summed E-state index contributed by atoms with van der Waals surface area (Å²) in [5.41, 5.74) is 3.52. The molecule has 1 aromatic heterocycles. The van der Waals surface area contributed by atoms with Crippen LogP contribution in [-0.4, -0.2) is 52.4 Å². The summed E-state index contributed by atoms with van der Waals surface area (Å²) in [6.45, 7) is 10.3. The van der Waals surface area contributed by atoms with Crippen LogP contribution in [0.1, 0.15) is 62.4 Å². The molecule has 146 valence electrons. The molecule has 26 heavy (non-hydrogen) atoms. The zero-order valence-corrected chi connectivity index (χ0v) is 17.0. The third-order valence-corrected chi connectivity index (χ3v) is 6.11. The Morgan fingerprint density at radius 1 is 1.15 bits per heavy atom. The van der Waals surface area contributed by atoms with E-state index in [0.29, 0.717) is 12.6 Å². The lowest BCUT2D eigenvalue weighted by atomic mass is 10.0. The maximum absolute atomic E-state index is 4.84. The molecule has 0 atom stereocenters. The van der Waals surface area contributed by atoms with Crippen molar-refractivity contribution in [2.24, 2.45) is 12.0 Å². The Balaban J connectivity index is 1.55. The maximum Gasteiger partial charge on any atom is 0.191 e. The largest absolute Gasteiger partial charge is 0.357 e. The van der Waals surface area contributed by atoms with Crippen LogP contribution in [-0.2, 0) is 13.6 Å². The van der Waals surface area contributed by atoms with Gasteiger partial charge in [0.25, 0.3) is 0 Å². The first-order valence-electron chi connectivity index (χ1n) is 10.4. The predicted molar refractivity (Wildman–Crippen MR) is 107 cm³/mol. The first-order valence-corrected chi connectivity index (χ1v) is 10.4. The van der Waals surface area contributed by atoms with Crippen LogP contribution in [0.2, 0.25) is 0 Å². The standard InChI is InChI=1S/C20H36N6/c1-5-21-20(22-14-19-15(2)24-25(4)16(19)3)23-17-10-12-26(13-11-17)18-8-6-7-9-18/h17-18H,5-14H2,1-4H3,(H2,21,22,23). The molecular weight excluding hydrogens is 324 g/mol. The number of rotatable bonds is 5. The van der Waals surface area contributed by atoms with Crippen molar-refractivity contribution >= 4 is 5.96 Å². The van der Waals surface area contributed by atoms with Gasteiger partial charge in [-0.25, -0.2) is 4.99 Å². The van der Waals surface area contributed by atoms with Crippen LogP contribution in [0.25, 0.3) is 0 Å². The van der Waals surface area contributed by atoms with Gasteiger partial charge in [0, 0.05) is 50.0 Å². The van der Waals surface area contributed by atoms with E-state index < -0.39 is 0 Å². The quantitative estimate of drug-likeness (QED) is 0.626. The van der Waals surface area contributed by atoms with Gasteiger partial charge in [0.1, 0.15) is 0 Å². The van der Waals surface area contributed by atoms with Gasteiger partial charge in [0.2, 0.25) is 0 Å². The highest BCUT2D eigenvalue weighted by molar-refractivity contribution is 5.80. The second-order valence-electron chi connectivity index (χ2n) is 7.86. The van der Waals surface area contributed by atoms with Crippen LogP contribution in [0.4, 0.5) is 0 Å². The third-order valence-electron chi connectivity index (χ3n) is 6.11. The summed E-state index contributed by atoms with van der Waals surface area (Å²) >= 11 is 0. The Hall–Kier alpha value is -1.56. The number of aryl methyl sites for hydroxylation is 2. The zero-order valence-electron chi connectivity index (χ0n) is 17.0. The van der Waals surface area contributed by atoms with Crippen LogP contribution in [0.15, 0.2) is 4.99 Å². The van der Waals surface area contributed by atoms with Crippen LogP contribution in [0.5, 0.6) is 0 Å². The number of hydrogen-bond acceptors (Lipinski definition) is 3. The molecule has 2 fully saturated rings. The smallest absolute Gasteiger partial charge is 0.191 e. The highest BCUT2D eigenvalue weighted by atomic mass is 15.3. The summed E-state index contributed by atoms with van der Waals surface area (Å²) in [6.07, 6.45) is 8.09. The Morgan fingerprint density at radius 3 is 2.42 bits per heavy atom. The summed E-state index contributed by atoms with van der Waals surface area (Å²) in [7, 11) is 2.00. The summed E-state index contributed by atoms with van der Waals surface area (Å²) < 4.78 is 1.94. The molecule has 1 aliphatic carbocycles. The lowest BCUT2D eigenvalue weighted by Gasteiger charge is -2.36. The van der Waals surface area contributed by atoms with Crippen molar-refractivity contribution in [1.82, 2.24) is 25.3 Å². The minimum atomic E-state index is 0.529. The fourth-order valence-corrected chi connectivity index (χ4v) is 4.40. The molecule has 0 bridgehead atoms. The van der Waals surface area contributed by atoms with Gasteiger partial charge in [-0.05, 0) is 46.5 Å². The van der Waals surface area contributed by atoms with E-state index in [1.54, 1.807) is 0 Å². The Kier molecular flexibility index (Phi) is 6.57. The number of piperidine rings is 1. The Labute approximate surface area is 158 Å². The van der Waals surface area contributed by atoms with Gasteiger partial charge in [-0.3, -0.25) is 4.68 Å². The SMILES string of the molecule is CCNC(=NCc1c(C)nn(C)c1C)NC1CCN(C2CCCC2)CC1. The van der Waals surface area contributed by atoms with Gasteiger partial charge in [-0.2, -0.15) is 5.10 Å². The number of likely N-dealkylation sites (tertiary alicyclic amines) is 1. The highest BCUT2D eigenvalue weighted by Gasteiger charge is 2.27. The molecule has 1 saturated carbocycles. The summed E-state index contributed by atoms with van der Waals surface area (Å²) in [4.78, 5) is 7.56. The van der Waals surface area contributed by atoms with Crippen LogP contribution in [0, 0.1) is 13.8 Å². The number of hydrogen-bond donors (Lipinski definition) is 2. The molecule has 6 heteroatoms. The molecule has 1 aliphatic heterocycles. The van der Waals surface area contributed by atoms with Gasteiger partial charge in [-0.1, -0.05) is 12.8 Å². The van der Waals surface area contributed by atoms with Crippen LogP contribution < -0.4 is 10.6 Å². The minimum absolute atomic E-state index is 0.529. The van der Waals surface area contributed by atoms with E-state index in [1.807, 2.05) is 11.7 Å². The first-order chi connectivity index (χ1) is 12.6. The Bertz CT molecular complexity index is 606. The van der Waals surface area contributed by atoms with E-state index in [9.17, 15) is 0 Å². The maximum atomic E-state index is 4.84. The average molecular weight is 361 g/mol. The summed E-state index contributed by atoms with van der Waals surface area (Å²) in [5, 5.41) is 11.6. The fourth-order valence-electron chi connectivity index (χ4n) is 4.40. The lowest BCUT2D eigenvalue weighted by Crippen LogP contribution is -2.50. The molecular formula is C20H36N6. The topological polar surface area (TPSA) is 57.5 Å². The van der Waals surface area contributed by atoms with Gasteiger partial charge in [0.05, 0.1) is 12.2 Å². The molecule has 6 nitrogen and oxygen atoms in total. The van der Waals surface area contributed by atoms with Crippen molar-refractivity contribution in [3.63, 3.8) is 0 Å². The number of aromatic nitrogens is 2. The van der Waals surface area contributed by atoms with Crippen molar-refractivity contribution in [2.45, 2.75) is 77.9 Å². The molecule has 1 saturated heterocycles. The predicted octanol–water partition coefficient (Wildman–Crippen LogP) is 2.50. The zero-order chi connectivity index (χ0) is 18.5. The van der Waals surface area contributed by atoms with E-state index in [2.05, 4.69) is 41.4 Å². The van der Waals surface area contributed by atoms with Crippen molar-refractivity contribution < 1.29 is 0 Å².